The zero-order valence-electron chi connectivity index (χ0n) is 16.9. The third-order valence-electron chi connectivity index (χ3n) is 4.95. The molecule has 1 amide bonds. The van der Waals surface area contributed by atoms with Gasteiger partial charge in [0.1, 0.15) is 12.4 Å². The van der Waals surface area contributed by atoms with E-state index in [9.17, 15) is 23.1 Å². The molecule has 1 aliphatic heterocycles. The molecule has 1 unspecified atom stereocenters. The predicted molar refractivity (Wildman–Crippen MR) is 106 cm³/mol. The Kier molecular flexibility index (Phi) is 5.90. The Bertz CT molecular complexity index is 938. The van der Waals surface area contributed by atoms with Crippen LogP contribution in [-0.4, -0.2) is 33.6 Å². The molecule has 30 heavy (non-hydrogen) atoms. The summed E-state index contributed by atoms with van der Waals surface area (Å²) in [4.78, 5) is 12.7. The maximum Gasteiger partial charge on any atom is 0.438 e. The summed E-state index contributed by atoms with van der Waals surface area (Å²) in [6, 6.07) is 13.5. The van der Waals surface area contributed by atoms with Crippen molar-refractivity contribution < 1.29 is 27.8 Å². The zero-order chi connectivity index (χ0) is 22.1. The fourth-order valence-corrected chi connectivity index (χ4v) is 2.99. The Labute approximate surface area is 172 Å². The molecule has 0 spiro atoms. The van der Waals surface area contributed by atoms with Crippen LogP contribution in [0.3, 0.4) is 0 Å². The number of hydrogen-bond acceptors (Lipinski definition) is 4. The van der Waals surface area contributed by atoms with Gasteiger partial charge in [0.05, 0.1) is 0 Å². The molecule has 0 aromatic heterocycles. The summed E-state index contributed by atoms with van der Waals surface area (Å²) in [7, 11) is 0. The summed E-state index contributed by atoms with van der Waals surface area (Å²) < 4.78 is 46.2. The molecular weight excluding hydrogens is 397 g/mol. The second kappa shape index (κ2) is 8.10. The normalized spacial score (nSPS) is 19.2. The van der Waals surface area contributed by atoms with Gasteiger partial charge in [-0.25, -0.2) is 0 Å². The highest BCUT2D eigenvalue weighted by molar-refractivity contribution is 5.98. The molecule has 3 rings (SSSR count). The summed E-state index contributed by atoms with van der Waals surface area (Å²) >= 11 is 0. The van der Waals surface area contributed by atoms with Gasteiger partial charge < -0.3 is 9.84 Å². The number of nitrogens with zero attached hydrogens (tertiary/aromatic N) is 2. The number of hydrogen-bond donors (Lipinski definition) is 1. The minimum absolute atomic E-state index is 0.0332. The lowest BCUT2D eigenvalue weighted by atomic mass is 9.99. The van der Waals surface area contributed by atoms with Crippen molar-refractivity contribution in [2.45, 2.75) is 45.7 Å². The predicted octanol–water partition coefficient (Wildman–Crippen LogP) is 4.68. The molecule has 0 fully saturated rings. The van der Waals surface area contributed by atoms with Gasteiger partial charge in [0.15, 0.2) is 0 Å². The van der Waals surface area contributed by atoms with E-state index in [2.05, 4.69) is 5.10 Å². The number of aliphatic hydroxyl groups is 1. The highest BCUT2D eigenvalue weighted by Gasteiger charge is 2.63. The molecular formula is C22H23F3N2O3. The van der Waals surface area contributed by atoms with Crippen molar-refractivity contribution in [1.29, 1.82) is 0 Å². The van der Waals surface area contributed by atoms with Gasteiger partial charge in [-0.15, -0.1) is 0 Å². The molecule has 160 valence electrons. The molecule has 2 aromatic rings. The molecule has 1 aliphatic rings. The first-order valence-electron chi connectivity index (χ1n) is 9.51. The highest BCUT2D eigenvalue weighted by Crippen LogP contribution is 2.42. The van der Waals surface area contributed by atoms with E-state index in [4.69, 9.17) is 4.74 Å². The minimum Gasteiger partial charge on any atom is -0.489 e. The lowest BCUT2D eigenvalue weighted by Crippen LogP contribution is -2.56. The van der Waals surface area contributed by atoms with Crippen molar-refractivity contribution in [2.24, 2.45) is 11.0 Å². The number of ether oxygens (including phenoxy) is 1. The van der Waals surface area contributed by atoms with E-state index in [0.717, 1.165) is 11.1 Å². The van der Waals surface area contributed by atoms with Crippen molar-refractivity contribution in [3.05, 3.63) is 65.2 Å². The molecule has 0 radical (unpaired) electrons. The Morgan fingerprint density at radius 3 is 2.30 bits per heavy atom. The molecule has 8 heteroatoms. The van der Waals surface area contributed by atoms with Gasteiger partial charge in [-0.05, 0) is 42.7 Å². The van der Waals surface area contributed by atoms with Gasteiger partial charge in [0, 0.05) is 17.7 Å². The average molecular weight is 420 g/mol. The molecule has 0 saturated heterocycles. The summed E-state index contributed by atoms with van der Waals surface area (Å²) in [5, 5.41) is 14.2. The number of aryl methyl sites for hydroxylation is 1. The van der Waals surface area contributed by atoms with E-state index in [1.165, 1.54) is 24.3 Å². The number of hydrazone groups is 1. The topological polar surface area (TPSA) is 62.1 Å². The maximum absolute atomic E-state index is 13.5. The Morgan fingerprint density at radius 2 is 1.77 bits per heavy atom. The summed E-state index contributed by atoms with van der Waals surface area (Å²) in [5.74, 6) is -0.907. The number of carbonyl (C=O) groups excluding carboxylic acids is 1. The first-order chi connectivity index (χ1) is 14.0. The fraction of sp³-hybridized carbons (Fsp3) is 0.364. The third-order valence-corrected chi connectivity index (χ3v) is 4.95. The number of carbonyl (C=O) groups is 1. The van der Waals surface area contributed by atoms with Crippen LogP contribution in [0.1, 0.15) is 41.8 Å². The third kappa shape index (κ3) is 4.33. The largest absolute Gasteiger partial charge is 0.489 e. The van der Waals surface area contributed by atoms with Crippen molar-refractivity contribution >= 4 is 11.6 Å². The van der Waals surface area contributed by atoms with Crippen LogP contribution >= 0.6 is 0 Å². The number of halogens is 3. The van der Waals surface area contributed by atoms with E-state index in [0.29, 0.717) is 12.4 Å². The molecule has 2 aromatic carbocycles. The van der Waals surface area contributed by atoms with Gasteiger partial charge in [0.25, 0.3) is 11.6 Å². The SMILES string of the molecule is Cc1ccc(COc2ccc(C(=O)N3N=C(C(C)C)CC3(O)C(F)(F)F)cc2)cc1. The average Bonchev–Trinajstić information content (AvgIpc) is 3.07. The van der Waals surface area contributed by atoms with Crippen molar-refractivity contribution in [3.63, 3.8) is 0 Å². The van der Waals surface area contributed by atoms with Gasteiger partial charge in [-0.1, -0.05) is 43.7 Å². The van der Waals surface area contributed by atoms with Crippen LogP contribution in [0.2, 0.25) is 0 Å². The standard InChI is InChI=1S/C22H23F3N2O3/c1-14(2)19-12-21(29,22(23,24)25)27(26-19)20(28)17-8-10-18(11-9-17)30-13-16-6-4-15(3)5-7-16/h4-11,14,29H,12-13H2,1-3H3. The molecule has 0 aliphatic carbocycles. The smallest absolute Gasteiger partial charge is 0.438 e. The van der Waals surface area contributed by atoms with Crippen LogP contribution in [0.25, 0.3) is 0 Å². The second-order valence-electron chi connectivity index (χ2n) is 7.65. The van der Waals surface area contributed by atoms with E-state index >= 15 is 0 Å². The monoisotopic (exact) mass is 420 g/mol. The van der Waals surface area contributed by atoms with Gasteiger partial charge in [-0.2, -0.15) is 23.3 Å². The Balaban J connectivity index is 1.76. The summed E-state index contributed by atoms with van der Waals surface area (Å²) in [6.45, 7) is 5.61. The molecule has 1 heterocycles. The minimum atomic E-state index is -5.04. The van der Waals surface area contributed by atoms with Crippen LogP contribution in [-0.2, 0) is 6.61 Å². The molecule has 0 bridgehead atoms. The van der Waals surface area contributed by atoms with Crippen LogP contribution in [0.15, 0.2) is 53.6 Å². The Morgan fingerprint density at radius 1 is 1.17 bits per heavy atom. The first-order valence-corrected chi connectivity index (χ1v) is 9.51. The zero-order valence-corrected chi connectivity index (χ0v) is 16.9. The van der Waals surface area contributed by atoms with Crippen LogP contribution in [0.5, 0.6) is 5.75 Å². The van der Waals surface area contributed by atoms with Gasteiger partial charge in [-0.3, -0.25) is 4.79 Å². The van der Waals surface area contributed by atoms with E-state index in [-0.39, 0.29) is 22.2 Å². The van der Waals surface area contributed by atoms with Crippen molar-refractivity contribution in [2.75, 3.05) is 0 Å². The van der Waals surface area contributed by atoms with E-state index in [1.54, 1.807) is 13.8 Å². The number of benzene rings is 2. The van der Waals surface area contributed by atoms with Crippen LogP contribution in [0.4, 0.5) is 13.2 Å². The molecule has 5 nitrogen and oxygen atoms in total. The quantitative estimate of drug-likeness (QED) is 0.764. The Hall–Kier alpha value is -2.87. The first kappa shape index (κ1) is 21.8. The van der Waals surface area contributed by atoms with Crippen LogP contribution < -0.4 is 4.74 Å². The molecule has 1 N–H and O–H groups in total. The van der Waals surface area contributed by atoms with Crippen LogP contribution in [0, 0.1) is 12.8 Å². The fourth-order valence-electron chi connectivity index (χ4n) is 2.99. The number of rotatable bonds is 5. The van der Waals surface area contributed by atoms with Crippen molar-refractivity contribution in [3.8, 4) is 5.75 Å². The second-order valence-corrected chi connectivity index (χ2v) is 7.65. The molecule has 0 saturated carbocycles. The van der Waals surface area contributed by atoms with Gasteiger partial charge >= 0.3 is 6.18 Å². The molecule has 1 atom stereocenters. The summed E-state index contributed by atoms with van der Waals surface area (Å²) in [6.07, 6.45) is -5.81. The van der Waals surface area contributed by atoms with Gasteiger partial charge in [0.2, 0.25) is 0 Å². The number of alkyl halides is 3. The highest BCUT2D eigenvalue weighted by atomic mass is 19.4. The van der Waals surface area contributed by atoms with Crippen molar-refractivity contribution in [1.82, 2.24) is 5.01 Å². The lowest BCUT2D eigenvalue weighted by molar-refractivity contribution is -0.297. The number of amides is 1. The van der Waals surface area contributed by atoms with E-state index < -0.39 is 24.2 Å². The summed E-state index contributed by atoms with van der Waals surface area (Å²) in [5.41, 5.74) is -1.19. The maximum atomic E-state index is 13.5. The van der Waals surface area contributed by atoms with E-state index in [1.807, 2.05) is 31.2 Å². The lowest BCUT2D eigenvalue weighted by Gasteiger charge is -2.32.